The summed E-state index contributed by atoms with van der Waals surface area (Å²) in [5, 5.41) is 10.8. The van der Waals surface area contributed by atoms with Crippen molar-refractivity contribution in [3.05, 3.63) is 59.9 Å². The topological polar surface area (TPSA) is 63.0 Å². The quantitative estimate of drug-likeness (QED) is 0.692. The maximum Gasteiger partial charge on any atom is 0.236 e. The number of amides is 1. The van der Waals surface area contributed by atoms with Crippen LogP contribution in [-0.4, -0.2) is 23.0 Å². The summed E-state index contributed by atoms with van der Waals surface area (Å²) >= 11 is 1.28. The lowest BCUT2D eigenvalue weighted by molar-refractivity contribution is -0.116. The molecule has 0 radical (unpaired) electrons. The second kappa shape index (κ2) is 7.06. The van der Waals surface area contributed by atoms with Gasteiger partial charge in [0.15, 0.2) is 16.7 Å². The molecule has 1 heterocycles. The van der Waals surface area contributed by atoms with Gasteiger partial charge in [-0.25, -0.2) is 4.39 Å². The standard InChI is InChI=1S/C16H12FN3O2S/c17-13-7-6-11(9-18-20-16-19-15(21)10-23-16)8-14(13)22-12-4-2-1-3-5-12/h1-9H,10H2,(H,19,20,21). The molecule has 0 atom stereocenters. The Morgan fingerprint density at radius 2 is 2.04 bits per heavy atom. The zero-order valence-corrected chi connectivity index (χ0v) is 12.7. The fraction of sp³-hybridized carbons (Fsp3) is 0.0625. The van der Waals surface area contributed by atoms with Crippen LogP contribution in [-0.2, 0) is 4.79 Å². The first-order valence-corrected chi connectivity index (χ1v) is 7.75. The van der Waals surface area contributed by atoms with E-state index in [2.05, 4.69) is 15.5 Å². The monoisotopic (exact) mass is 329 g/mol. The first-order valence-electron chi connectivity index (χ1n) is 6.77. The number of amidine groups is 1. The third kappa shape index (κ3) is 4.17. The Bertz CT molecular complexity index is 778. The van der Waals surface area contributed by atoms with E-state index in [1.165, 1.54) is 30.1 Å². The maximum atomic E-state index is 13.8. The molecular weight excluding hydrogens is 317 g/mol. The highest BCUT2D eigenvalue weighted by Crippen LogP contribution is 2.24. The second-order valence-corrected chi connectivity index (χ2v) is 5.56. The molecule has 7 heteroatoms. The average molecular weight is 329 g/mol. The van der Waals surface area contributed by atoms with Gasteiger partial charge >= 0.3 is 0 Å². The second-order valence-electron chi connectivity index (χ2n) is 4.59. The number of nitrogens with zero attached hydrogens (tertiary/aromatic N) is 2. The van der Waals surface area contributed by atoms with Crippen LogP contribution in [0.5, 0.6) is 11.5 Å². The number of carbonyl (C=O) groups excluding carboxylic acids is 1. The predicted octanol–water partition coefficient (Wildman–Crippen LogP) is 3.17. The van der Waals surface area contributed by atoms with E-state index in [1.807, 2.05) is 18.2 Å². The molecule has 1 fully saturated rings. The van der Waals surface area contributed by atoms with Gasteiger partial charge in [0, 0.05) is 0 Å². The number of thioether (sulfide) groups is 1. The molecular formula is C16H12FN3O2S. The van der Waals surface area contributed by atoms with Gasteiger partial charge in [0.05, 0.1) is 12.0 Å². The van der Waals surface area contributed by atoms with E-state index in [-0.39, 0.29) is 11.7 Å². The summed E-state index contributed by atoms with van der Waals surface area (Å²) in [6.45, 7) is 0. The summed E-state index contributed by atoms with van der Waals surface area (Å²) in [7, 11) is 0. The minimum Gasteiger partial charge on any atom is -0.454 e. The number of hydrogen-bond donors (Lipinski definition) is 1. The number of benzene rings is 2. The van der Waals surface area contributed by atoms with E-state index in [9.17, 15) is 9.18 Å². The van der Waals surface area contributed by atoms with Crippen LogP contribution < -0.4 is 10.1 Å². The molecule has 1 aliphatic rings. The van der Waals surface area contributed by atoms with E-state index < -0.39 is 5.82 Å². The molecule has 3 rings (SSSR count). The number of hydrogen-bond acceptors (Lipinski definition) is 5. The molecule has 0 spiro atoms. The highest BCUT2D eigenvalue weighted by Gasteiger charge is 2.15. The van der Waals surface area contributed by atoms with Gasteiger partial charge in [-0.1, -0.05) is 36.0 Å². The molecule has 2 aromatic carbocycles. The Morgan fingerprint density at radius 3 is 2.78 bits per heavy atom. The van der Waals surface area contributed by atoms with Gasteiger partial charge in [-0.3, -0.25) is 4.79 Å². The lowest BCUT2D eigenvalue weighted by Gasteiger charge is -2.07. The zero-order valence-electron chi connectivity index (χ0n) is 11.9. The van der Waals surface area contributed by atoms with Crippen LogP contribution in [0, 0.1) is 5.82 Å². The highest BCUT2D eigenvalue weighted by atomic mass is 32.2. The SMILES string of the molecule is O=C1CSC(=NN=Cc2ccc(F)c(Oc3ccccc3)c2)N1. The molecule has 5 nitrogen and oxygen atoms in total. The van der Waals surface area contributed by atoms with Crippen molar-refractivity contribution in [1.82, 2.24) is 5.32 Å². The fourth-order valence-electron chi connectivity index (χ4n) is 1.82. The van der Waals surface area contributed by atoms with Gasteiger partial charge in [-0.15, -0.1) is 5.10 Å². The Hall–Kier alpha value is -2.67. The first kappa shape index (κ1) is 15.2. The summed E-state index contributed by atoms with van der Waals surface area (Å²) < 4.78 is 19.3. The molecule has 0 saturated carbocycles. The molecule has 0 bridgehead atoms. The van der Waals surface area contributed by atoms with E-state index in [0.717, 1.165) is 0 Å². The van der Waals surface area contributed by atoms with E-state index in [1.54, 1.807) is 18.2 Å². The summed E-state index contributed by atoms with van der Waals surface area (Å²) in [6, 6.07) is 13.4. The minimum atomic E-state index is -0.462. The van der Waals surface area contributed by atoms with Crippen LogP contribution in [0.3, 0.4) is 0 Å². The Labute approximate surface area is 136 Å². The Balaban J connectivity index is 1.73. The molecule has 1 saturated heterocycles. The predicted molar refractivity (Wildman–Crippen MR) is 88.5 cm³/mol. The normalized spacial score (nSPS) is 16.0. The molecule has 23 heavy (non-hydrogen) atoms. The molecule has 1 aliphatic heterocycles. The van der Waals surface area contributed by atoms with Crippen molar-refractivity contribution in [1.29, 1.82) is 0 Å². The lowest BCUT2D eigenvalue weighted by atomic mass is 10.2. The van der Waals surface area contributed by atoms with Crippen LogP contribution in [0.1, 0.15) is 5.56 Å². The third-order valence-electron chi connectivity index (χ3n) is 2.87. The number of para-hydroxylation sites is 1. The lowest BCUT2D eigenvalue weighted by Crippen LogP contribution is -2.19. The van der Waals surface area contributed by atoms with Crippen LogP contribution in [0.15, 0.2) is 58.7 Å². The molecule has 2 aromatic rings. The van der Waals surface area contributed by atoms with Crippen molar-refractivity contribution in [3.8, 4) is 11.5 Å². The summed E-state index contributed by atoms with van der Waals surface area (Å²) in [6.07, 6.45) is 1.47. The van der Waals surface area contributed by atoms with E-state index >= 15 is 0 Å². The number of carbonyl (C=O) groups is 1. The molecule has 0 aliphatic carbocycles. The number of ether oxygens (including phenoxy) is 1. The van der Waals surface area contributed by atoms with Gasteiger partial charge in [-0.05, 0) is 29.8 Å². The van der Waals surface area contributed by atoms with Gasteiger partial charge in [0.25, 0.3) is 0 Å². The molecule has 0 unspecified atom stereocenters. The summed E-state index contributed by atoms with van der Waals surface area (Å²) in [5.41, 5.74) is 0.635. The Kier molecular flexibility index (Phi) is 4.68. The van der Waals surface area contributed by atoms with Crippen molar-refractivity contribution in [2.45, 2.75) is 0 Å². The largest absolute Gasteiger partial charge is 0.454 e. The average Bonchev–Trinajstić information content (AvgIpc) is 2.97. The van der Waals surface area contributed by atoms with Crippen LogP contribution in [0.2, 0.25) is 0 Å². The van der Waals surface area contributed by atoms with Crippen LogP contribution in [0.4, 0.5) is 4.39 Å². The van der Waals surface area contributed by atoms with Gasteiger partial charge in [0.1, 0.15) is 5.75 Å². The molecule has 1 N–H and O–H groups in total. The minimum absolute atomic E-state index is 0.0933. The van der Waals surface area contributed by atoms with Crippen molar-refractivity contribution >= 4 is 29.1 Å². The van der Waals surface area contributed by atoms with Crippen LogP contribution in [0.25, 0.3) is 0 Å². The zero-order chi connectivity index (χ0) is 16.1. The van der Waals surface area contributed by atoms with Gasteiger partial charge in [-0.2, -0.15) is 5.10 Å². The maximum absolute atomic E-state index is 13.8. The molecule has 0 aromatic heterocycles. The van der Waals surface area contributed by atoms with Crippen molar-refractivity contribution < 1.29 is 13.9 Å². The van der Waals surface area contributed by atoms with Gasteiger partial charge < -0.3 is 10.1 Å². The first-order chi connectivity index (χ1) is 11.2. The van der Waals surface area contributed by atoms with Gasteiger partial charge in [0.2, 0.25) is 5.91 Å². The summed E-state index contributed by atoms with van der Waals surface area (Å²) in [4.78, 5) is 11.0. The fourth-order valence-corrected chi connectivity index (χ4v) is 2.45. The number of nitrogens with one attached hydrogen (secondary N) is 1. The van der Waals surface area contributed by atoms with Crippen LogP contribution >= 0.6 is 11.8 Å². The third-order valence-corrected chi connectivity index (χ3v) is 3.73. The number of halogens is 1. The van der Waals surface area contributed by atoms with E-state index in [0.29, 0.717) is 22.2 Å². The van der Waals surface area contributed by atoms with Crippen molar-refractivity contribution in [3.63, 3.8) is 0 Å². The summed E-state index contributed by atoms with van der Waals surface area (Å²) in [5.74, 6) is 0.447. The Morgan fingerprint density at radius 1 is 1.22 bits per heavy atom. The smallest absolute Gasteiger partial charge is 0.236 e. The van der Waals surface area contributed by atoms with Crippen molar-refractivity contribution in [2.75, 3.05) is 5.75 Å². The number of rotatable bonds is 4. The highest BCUT2D eigenvalue weighted by molar-refractivity contribution is 8.15. The molecule has 116 valence electrons. The van der Waals surface area contributed by atoms with E-state index in [4.69, 9.17) is 4.74 Å². The van der Waals surface area contributed by atoms with Crippen molar-refractivity contribution in [2.24, 2.45) is 10.2 Å². The molecule has 1 amide bonds.